The van der Waals surface area contributed by atoms with Crippen LogP contribution in [-0.2, 0) is 18.4 Å². The molecule has 172 valence electrons. The number of H-pyrrole nitrogens is 1. The molecule has 4 rings (SSSR count). The molecular weight excluding hydrogens is 474 g/mol. The number of rotatable bonds is 6. The summed E-state index contributed by atoms with van der Waals surface area (Å²) in [6.45, 7) is 14.5. The number of anilines is 1. The lowest BCUT2D eigenvalue weighted by Crippen LogP contribution is -2.16. The highest BCUT2D eigenvalue weighted by molar-refractivity contribution is 7.71. The van der Waals surface area contributed by atoms with E-state index < -0.39 is 0 Å². The van der Waals surface area contributed by atoms with Gasteiger partial charge in [-0.15, -0.1) is 29.3 Å². The number of fused-ring (bicyclic) bond motifs is 1. The Morgan fingerprint density at radius 3 is 2.76 bits per heavy atom. The zero-order chi connectivity index (χ0) is 23.9. The largest absolute Gasteiger partial charge is 0.300 e. The molecule has 0 radical (unpaired) electrons. The number of hydrogen-bond acceptors (Lipinski definition) is 8. The van der Waals surface area contributed by atoms with Gasteiger partial charge in [0.2, 0.25) is 0 Å². The molecule has 4 aromatic rings. The van der Waals surface area contributed by atoms with Crippen molar-refractivity contribution in [2.24, 2.45) is 0 Å². The van der Waals surface area contributed by atoms with E-state index in [0.717, 1.165) is 38.8 Å². The van der Waals surface area contributed by atoms with Crippen LogP contribution in [0.1, 0.15) is 59.0 Å². The minimum atomic E-state index is -0.192. The molecule has 8 nitrogen and oxygen atoms in total. The highest BCUT2D eigenvalue weighted by atomic mass is 32.1. The summed E-state index contributed by atoms with van der Waals surface area (Å²) in [5, 5.41) is 13.4. The fourth-order valence-electron chi connectivity index (χ4n) is 3.46. The van der Waals surface area contributed by atoms with Crippen molar-refractivity contribution >= 4 is 56.1 Å². The smallest absolute Gasteiger partial charge is 0.267 e. The van der Waals surface area contributed by atoms with E-state index in [9.17, 15) is 4.79 Å². The predicted molar refractivity (Wildman–Crippen MR) is 136 cm³/mol. The van der Waals surface area contributed by atoms with Crippen LogP contribution in [-0.4, -0.2) is 35.6 Å². The van der Waals surface area contributed by atoms with Crippen molar-refractivity contribution in [3.8, 4) is 0 Å². The molecule has 0 aliphatic rings. The molecule has 11 heteroatoms. The average molecular weight is 500 g/mol. The normalized spacial score (nSPS) is 11.8. The first-order valence-corrected chi connectivity index (χ1v) is 12.5. The molecule has 2 N–H and O–H groups in total. The van der Waals surface area contributed by atoms with Crippen LogP contribution in [0.3, 0.4) is 0 Å². The first-order chi connectivity index (χ1) is 15.6. The van der Waals surface area contributed by atoms with E-state index in [4.69, 9.17) is 17.2 Å². The van der Waals surface area contributed by atoms with Crippen LogP contribution in [0.4, 0.5) is 5.13 Å². The number of allylic oxidation sites excluding steroid dienone is 1. The van der Waals surface area contributed by atoms with E-state index in [2.05, 4.69) is 52.8 Å². The van der Waals surface area contributed by atoms with Gasteiger partial charge in [-0.25, -0.2) is 15.0 Å². The number of carbonyl (C=O) groups excluding carboxylic acids is 1. The summed E-state index contributed by atoms with van der Waals surface area (Å²) in [7, 11) is 0. The monoisotopic (exact) mass is 499 g/mol. The number of aromatic amines is 1. The second-order valence-electron chi connectivity index (χ2n) is 8.74. The van der Waals surface area contributed by atoms with Crippen LogP contribution >= 0.6 is 34.9 Å². The lowest BCUT2D eigenvalue weighted by molar-refractivity contribution is 0.103. The predicted octanol–water partition coefficient (Wildman–Crippen LogP) is 5.35. The molecule has 0 atom stereocenters. The van der Waals surface area contributed by atoms with Crippen molar-refractivity contribution in [3.05, 3.63) is 56.3 Å². The van der Waals surface area contributed by atoms with Crippen LogP contribution in [0.5, 0.6) is 0 Å². The molecule has 0 saturated carbocycles. The van der Waals surface area contributed by atoms with E-state index in [-0.39, 0.29) is 11.3 Å². The third-order valence-corrected chi connectivity index (χ3v) is 7.41. The molecule has 0 fully saturated rings. The summed E-state index contributed by atoms with van der Waals surface area (Å²) in [6, 6.07) is 0. The van der Waals surface area contributed by atoms with Gasteiger partial charge in [0.1, 0.15) is 16.5 Å². The van der Waals surface area contributed by atoms with Gasteiger partial charge in [0.05, 0.1) is 22.7 Å². The van der Waals surface area contributed by atoms with Gasteiger partial charge in [-0.05, 0) is 31.6 Å². The fraction of sp³-hybridized carbons (Fsp3) is 0.364. The first kappa shape index (κ1) is 23.4. The third-order valence-electron chi connectivity index (χ3n) is 5.11. The Hall–Kier alpha value is -2.76. The van der Waals surface area contributed by atoms with Gasteiger partial charge in [0.15, 0.2) is 9.90 Å². The first-order valence-electron chi connectivity index (χ1n) is 10.4. The van der Waals surface area contributed by atoms with Gasteiger partial charge in [-0.2, -0.15) is 5.10 Å². The standard InChI is InChI=1S/C22H25N7OS3/c1-7-8-29-14(27-28-21(29)31)9-13-10-32-20(24-13)25-17(30)16-11(2)15-12(3)23-19(22(4,5)6)26-18(15)33-16/h7,10H,1,8-9H2,2-6H3,(H,28,31)(H,24,25,30). The molecule has 4 aromatic heterocycles. The van der Waals surface area contributed by atoms with Gasteiger partial charge < -0.3 is 0 Å². The molecule has 0 saturated heterocycles. The zero-order valence-electron chi connectivity index (χ0n) is 19.1. The SMILES string of the molecule is C=CCn1c(Cc2csc(NC(=O)c3sc4nc(C(C)(C)C)nc(C)c4c3C)n2)n[nH]c1=S. The maximum absolute atomic E-state index is 13.1. The minimum absolute atomic E-state index is 0.166. The Labute approximate surface area is 204 Å². The summed E-state index contributed by atoms with van der Waals surface area (Å²) in [5.74, 6) is 1.36. The number of hydrogen-bond donors (Lipinski definition) is 2. The molecule has 0 bridgehead atoms. The van der Waals surface area contributed by atoms with Crippen molar-refractivity contribution in [1.29, 1.82) is 0 Å². The van der Waals surface area contributed by atoms with Gasteiger partial charge in [0.25, 0.3) is 5.91 Å². The Kier molecular flexibility index (Phi) is 6.30. The second kappa shape index (κ2) is 8.88. The van der Waals surface area contributed by atoms with Crippen molar-refractivity contribution in [2.75, 3.05) is 5.32 Å². The van der Waals surface area contributed by atoms with E-state index in [0.29, 0.717) is 27.7 Å². The van der Waals surface area contributed by atoms with E-state index in [1.165, 1.54) is 22.7 Å². The lowest BCUT2D eigenvalue weighted by Gasteiger charge is -2.16. The maximum atomic E-state index is 13.1. The number of nitrogens with zero attached hydrogens (tertiary/aromatic N) is 5. The molecule has 33 heavy (non-hydrogen) atoms. The summed E-state index contributed by atoms with van der Waals surface area (Å²) < 4.78 is 2.41. The topological polar surface area (TPSA) is 101 Å². The summed E-state index contributed by atoms with van der Waals surface area (Å²) in [5.41, 5.74) is 2.42. The van der Waals surface area contributed by atoms with Gasteiger partial charge in [-0.1, -0.05) is 26.8 Å². The van der Waals surface area contributed by atoms with Crippen molar-refractivity contribution in [1.82, 2.24) is 29.7 Å². The molecule has 0 unspecified atom stereocenters. The van der Waals surface area contributed by atoms with E-state index >= 15 is 0 Å². The van der Waals surface area contributed by atoms with Crippen molar-refractivity contribution in [3.63, 3.8) is 0 Å². The molecule has 0 aromatic carbocycles. The zero-order valence-corrected chi connectivity index (χ0v) is 21.6. The molecular formula is C22H25N7OS3. The average Bonchev–Trinajstić information content (AvgIpc) is 3.41. The van der Waals surface area contributed by atoms with Crippen LogP contribution in [0.15, 0.2) is 18.0 Å². The third kappa shape index (κ3) is 4.66. The number of thiazole rings is 1. The molecule has 0 aliphatic carbocycles. The van der Waals surface area contributed by atoms with Gasteiger partial charge in [-0.3, -0.25) is 19.8 Å². The number of nitrogens with one attached hydrogen (secondary N) is 2. The Morgan fingerprint density at radius 2 is 2.06 bits per heavy atom. The number of aryl methyl sites for hydroxylation is 2. The lowest BCUT2D eigenvalue weighted by atomic mass is 9.95. The highest BCUT2D eigenvalue weighted by Gasteiger charge is 2.24. The summed E-state index contributed by atoms with van der Waals surface area (Å²) in [4.78, 5) is 28.5. The number of thiophene rings is 1. The van der Waals surface area contributed by atoms with Crippen molar-refractivity contribution in [2.45, 2.75) is 53.0 Å². The van der Waals surface area contributed by atoms with Gasteiger partial charge in [0, 0.05) is 22.7 Å². The minimum Gasteiger partial charge on any atom is -0.300 e. The van der Waals surface area contributed by atoms with Gasteiger partial charge >= 0.3 is 0 Å². The van der Waals surface area contributed by atoms with Crippen LogP contribution in [0.25, 0.3) is 10.2 Å². The Bertz CT molecular complexity index is 1420. The highest BCUT2D eigenvalue weighted by Crippen LogP contribution is 2.33. The molecule has 0 spiro atoms. The quantitative estimate of drug-likeness (QED) is 0.274. The van der Waals surface area contributed by atoms with E-state index in [1.807, 2.05) is 23.8 Å². The second-order valence-corrected chi connectivity index (χ2v) is 11.0. The molecule has 4 heterocycles. The summed E-state index contributed by atoms with van der Waals surface area (Å²) >= 11 is 8.03. The molecule has 1 amide bonds. The summed E-state index contributed by atoms with van der Waals surface area (Å²) in [6.07, 6.45) is 2.27. The maximum Gasteiger partial charge on any atom is 0.267 e. The fourth-order valence-corrected chi connectivity index (χ4v) is 5.51. The van der Waals surface area contributed by atoms with Crippen LogP contribution in [0.2, 0.25) is 0 Å². The number of aromatic nitrogens is 6. The Balaban J connectivity index is 1.56. The van der Waals surface area contributed by atoms with Crippen molar-refractivity contribution < 1.29 is 4.79 Å². The van der Waals surface area contributed by atoms with E-state index in [1.54, 1.807) is 6.08 Å². The van der Waals surface area contributed by atoms with Crippen LogP contribution in [0, 0.1) is 18.6 Å². The number of carbonyl (C=O) groups is 1. The molecule has 0 aliphatic heterocycles. The van der Waals surface area contributed by atoms with Crippen LogP contribution < -0.4 is 5.32 Å². The number of amides is 1. The Morgan fingerprint density at radius 1 is 1.30 bits per heavy atom.